The van der Waals surface area contributed by atoms with Crippen molar-refractivity contribution in [2.75, 3.05) is 13.1 Å². The van der Waals surface area contributed by atoms with Gasteiger partial charge in [-0.1, -0.05) is 72.3 Å². The topological polar surface area (TPSA) is 71.0 Å². The predicted molar refractivity (Wildman–Crippen MR) is 150 cm³/mol. The predicted octanol–water partition coefficient (Wildman–Crippen LogP) is 5.79. The van der Waals surface area contributed by atoms with E-state index < -0.39 is 0 Å². The number of imidazole rings is 1. The van der Waals surface area contributed by atoms with Crippen LogP contribution >= 0.6 is 11.6 Å². The summed E-state index contributed by atoms with van der Waals surface area (Å²) in [5, 5.41) is 9.41. The molecule has 5 heterocycles. The van der Waals surface area contributed by atoms with E-state index in [1.54, 1.807) is 12.4 Å². The highest BCUT2D eigenvalue weighted by molar-refractivity contribution is 6.29. The number of benzene rings is 2. The van der Waals surface area contributed by atoms with Gasteiger partial charge in [-0.05, 0) is 23.3 Å². The second kappa shape index (κ2) is 9.59. The molecule has 38 heavy (non-hydrogen) atoms. The van der Waals surface area contributed by atoms with Gasteiger partial charge in [-0.3, -0.25) is 14.3 Å². The molecule has 0 amide bonds. The van der Waals surface area contributed by atoms with Crippen molar-refractivity contribution in [1.29, 1.82) is 0 Å². The zero-order valence-electron chi connectivity index (χ0n) is 20.6. The van der Waals surface area contributed by atoms with E-state index in [-0.39, 0.29) is 0 Å². The summed E-state index contributed by atoms with van der Waals surface area (Å²) in [4.78, 5) is 16.1. The summed E-state index contributed by atoms with van der Waals surface area (Å²) in [7, 11) is 0. The Morgan fingerprint density at radius 1 is 0.842 bits per heavy atom. The molecule has 0 spiro atoms. The fraction of sp³-hybridized carbons (Fsp3) is 0.167. The Kier molecular flexibility index (Phi) is 5.80. The first kappa shape index (κ1) is 23.0. The highest BCUT2D eigenvalue weighted by Gasteiger charge is 2.33. The molecule has 5 aromatic rings. The smallest absolute Gasteiger partial charge is 0.235 e. The zero-order valence-corrected chi connectivity index (χ0v) is 21.3. The summed E-state index contributed by atoms with van der Waals surface area (Å²) < 4.78 is 1.82. The number of nitrogens with zero attached hydrogens (tertiary/aromatic N) is 7. The molecule has 8 heteroatoms. The van der Waals surface area contributed by atoms with E-state index >= 15 is 0 Å². The Balaban J connectivity index is 1.04. The summed E-state index contributed by atoms with van der Waals surface area (Å²) in [6, 6.07) is 24.8. The number of hydrogen-bond donors (Lipinski definition) is 0. The highest BCUT2D eigenvalue weighted by atomic mass is 35.5. The van der Waals surface area contributed by atoms with E-state index in [0.717, 1.165) is 59.8 Å². The molecule has 0 saturated carbocycles. The van der Waals surface area contributed by atoms with Crippen LogP contribution in [0.25, 0.3) is 28.2 Å². The van der Waals surface area contributed by atoms with Crippen molar-refractivity contribution in [2.24, 2.45) is 16.1 Å². The maximum absolute atomic E-state index is 6.35. The Bertz CT molecular complexity index is 1670. The molecule has 1 fully saturated rings. The van der Waals surface area contributed by atoms with E-state index in [0.29, 0.717) is 16.8 Å². The standard InChI is InChI=1S/C30H24ClN7/c31-28-15-33-30-34-29(24(19-38(28)30)21-6-2-1-3-7-21)22-11-9-20(10-12-22)16-37-17-23(18-37)26-14-27(36-35-26)25-8-4-5-13-32-25/h1-13,15,19,23H,14,16-18H2. The number of fused-ring (bicyclic) bond motifs is 1. The molecule has 0 aliphatic carbocycles. The van der Waals surface area contributed by atoms with Crippen LogP contribution < -0.4 is 0 Å². The molecule has 3 aromatic heterocycles. The van der Waals surface area contributed by atoms with Crippen molar-refractivity contribution in [3.05, 3.63) is 108 Å². The molecule has 186 valence electrons. The third-order valence-electron chi connectivity index (χ3n) is 7.21. The number of pyridine rings is 1. The van der Waals surface area contributed by atoms with Crippen LogP contribution in [-0.2, 0) is 6.54 Å². The van der Waals surface area contributed by atoms with Gasteiger partial charge in [0.15, 0.2) is 0 Å². The van der Waals surface area contributed by atoms with Crippen LogP contribution in [0.1, 0.15) is 17.7 Å². The Morgan fingerprint density at radius 2 is 1.66 bits per heavy atom. The fourth-order valence-electron chi connectivity index (χ4n) is 5.14. The summed E-state index contributed by atoms with van der Waals surface area (Å²) in [5.41, 5.74) is 8.38. The second-order valence-corrected chi connectivity index (χ2v) is 10.1. The molecule has 0 radical (unpaired) electrons. The lowest BCUT2D eigenvalue weighted by Crippen LogP contribution is -2.49. The minimum absolute atomic E-state index is 0.463. The first-order valence-electron chi connectivity index (χ1n) is 12.7. The Hall–Kier alpha value is -4.20. The van der Waals surface area contributed by atoms with Crippen LogP contribution in [0.4, 0.5) is 0 Å². The zero-order chi connectivity index (χ0) is 25.5. The molecule has 2 aliphatic heterocycles. The molecule has 0 N–H and O–H groups in total. The SMILES string of the molecule is Clc1cnc2nc(-c3ccc(CN4CC(C5=NN=C(c6ccccn6)C5)C4)cc3)c(-c3ccccc3)cn12. The monoisotopic (exact) mass is 517 g/mol. The van der Waals surface area contributed by atoms with E-state index in [2.05, 4.69) is 61.5 Å². The molecular weight excluding hydrogens is 494 g/mol. The molecule has 2 aromatic carbocycles. The third-order valence-corrected chi connectivity index (χ3v) is 7.49. The van der Waals surface area contributed by atoms with E-state index in [1.165, 1.54) is 11.3 Å². The molecule has 7 rings (SSSR count). The van der Waals surface area contributed by atoms with Crippen LogP contribution in [0.15, 0.2) is 102 Å². The highest BCUT2D eigenvalue weighted by Crippen LogP contribution is 2.32. The lowest BCUT2D eigenvalue weighted by Gasteiger charge is -2.39. The van der Waals surface area contributed by atoms with Crippen molar-refractivity contribution in [3.8, 4) is 22.4 Å². The first-order valence-corrected chi connectivity index (χ1v) is 13.0. The van der Waals surface area contributed by atoms with Gasteiger partial charge in [0.1, 0.15) is 5.15 Å². The van der Waals surface area contributed by atoms with Crippen molar-refractivity contribution in [3.63, 3.8) is 0 Å². The molecule has 0 atom stereocenters. The minimum Gasteiger partial charge on any atom is -0.298 e. The van der Waals surface area contributed by atoms with Gasteiger partial charge in [0, 0.05) is 55.5 Å². The molecule has 2 aliphatic rings. The average Bonchev–Trinajstić information content (AvgIpc) is 3.58. The number of aromatic nitrogens is 4. The normalized spacial score (nSPS) is 15.9. The quantitative estimate of drug-likeness (QED) is 0.286. The largest absolute Gasteiger partial charge is 0.298 e. The average molecular weight is 518 g/mol. The van der Waals surface area contributed by atoms with Crippen LogP contribution in [-0.4, -0.2) is 48.8 Å². The summed E-state index contributed by atoms with van der Waals surface area (Å²) >= 11 is 6.35. The third kappa shape index (κ3) is 4.30. The number of hydrogen-bond acceptors (Lipinski definition) is 6. The fourth-order valence-corrected chi connectivity index (χ4v) is 5.31. The van der Waals surface area contributed by atoms with Crippen molar-refractivity contribution < 1.29 is 0 Å². The van der Waals surface area contributed by atoms with Crippen molar-refractivity contribution >= 4 is 28.8 Å². The molecule has 1 saturated heterocycles. The summed E-state index contributed by atoms with van der Waals surface area (Å²) in [5.74, 6) is 1.05. The Labute approximate surface area is 225 Å². The molecule has 0 unspecified atom stereocenters. The lowest BCUT2D eigenvalue weighted by atomic mass is 9.90. The van der Waals surface area contributed by atoms with Gasteiger partial charge in [0.25, 0.3) is 0 Å². The number of likely N-dealkylation sites (tertiary alicyclic amines) is 1. The second-order valence-electron chi connectivity index (χ2n) is 9.74. The number of halogens is 1. The first-order chi connectivity index (χ1) is 18.7. The van der Waals surface area contributed by atoms with Gasteiger partial charge < -0.3 is 0 Å². The van der Waals surface area contributed by atoms with Gasteiger partial charge >= 0.3 is 0 Å². The van der Waals surface area contributed by atoms with Crippen molar-refractivity contribution in [1.82, 2.24) is 24.3 Å². The van der Waals surface area contributed by atoms with Crippen molar-refractivity contribution in [2.45, 2.75) is 13.0 Å². The van der Waals surface area contributed by atoms with Crippen LogP contribution in [0, 0.1) is 5.92 Å². The van der Waals surface area contributed by atoms with Gasteiger partial charge in [-0.2, -0.15) is 10.2 Å². The van der Waals surface area contributed by atoms with E-state index in [4.69, 9.17) is 16.6 Å². The Morgan fingerprint density at radius 3 is 2.45 bits per heavy atom. The molecule has 0 bridgehead atoms. The van der Waals surface area contributed by atoms with Crippen LogP contribution in [0.5, 0.6) is 0 Å². The number of rotatable bonds is 6. The summed E-state index contributed by atoms with van der Waals surface area (Å²) in [6.45, 7) is 2.91. The van der Waals surface area contributed by atoms with Gasteiger partial charge in [-0.15, -0.1) is 0 Å². The van der Waals surface area contributed by atoms with E-state index in [9.17, 15) is 0 Å². The van der Waals surface area contributed by atoms with Crippen LogP contribution in [0.3, 0.4) is 0 Å². The minimum atomic E-state index is 0.463. The summed E-state index contributed by atoms with van der Waals surface area (Å²) in [6.07, 6.45) is 6.25. The van der Waals surface area contributed by atoms with E-state index in [1.807, 2.05) is 47.0 Å². The van der Waals surface area contributed by atoms with Gasteiger partial charge in [0.05, 0.1) is 29.0 Å². The van der Waals surface area contributed by atoms with Gasteiger partial charge in [-0.25, -0.2) is 9.97 Å². The maximum Gasteiger partial charge on any atom is 0.235 e. The van der Waals surface area contributed by atoms with Gasteiger partial charge in [0.2, 0.25) is 5.78 Å². The van der Waals surface area contributed by atoms with Crippen LogP contribution in [0.2, 0.25) is 5.15 Å². The molecule has 7 nitrogen and oxygen atoms in total. The molecular formula is C30H24ClN7. The lowest BCUT2D eigenvalue weighted by molar-refractivity contribution is 0.133. The maximum atomic E-state index is 6.35.